The lowest BCUT2D eigenvalue weighted by atomic mass is 9.96. The molecule has 0 unspecified atom stereocenters. The van der Waals surface area contributed by atoms with Crippen LogP contribution in [-0.2, 0) is 11.3 Å². The molecule has 0 aliphatic heterocycles. The first-order chi connectivity index (χ1) is 12.7. The lowest BCUT2D eigenvalue weighted by molar-refractivity contribution is 0.0755. The molecule has 0 aromatic heterocycles. The summed E-state index contributed by atoms with van der Waals surface area (Å²) < 4.78 is 5.13. The number of carbonyl (C=O) groups excluding carboxylic acids is 1. The number of hydrogen-bond donors (Lipinski definition) is 0. The first kappa shape index (κ1) is 17.9. The number of carbonyl (C=O) groups is 1. The van der Waals surface area contributed by atoms with Crippen molar-refractivity contribution >= 4 is 5.91 Å². The van der Waals surface area contributed by atoms with E-state index >= 15 is 0 Å². The van der Waals surface area contributed by atoms with E-state index in [4.69, 9.17) is 4.74 Å². The smallest absolute Gasteiger partial charge is 0.254 e. The summed E-state index contributed by atoms with van der Waals surface area (Å²) >= 11 is 0. The largest absolute Gasteiger partial charge is 0.380 e. The Hall–Kier alpha value is -2.91. The van der Waals surface area contributed by atoms with E-state index in [1.807, 2.05) is 67.7 Å². The Morgan fingerprint density at radius 2 is 1.35 bits per heavy atom. The summed E-state index contributed by atoms with van der Waals surface area (Å²) in [5, 5.41) is 0. The van der Waals surface area contributed by atoms with Crippen molar-refractivity contribution in [2.24, 2.45) is 0 Å². The van der Waals surface area contributed by atoms with Gasteiger partial charge in [-0.05, 0) is 28.8 Å². The SMILES string of the molecule is COCc1ccc(C(=O)N(C)C(c2ccccc2)c2ccccc2)cc1. The summed E-state index contributed by atoms with van der Waals surface area (Å²) in [6, 6.07) is 27.7. The van der Waals surface area contributed by atoms with Crippen LogP contribution in [0.15, 0.2) is 84.9 Å². The second-order valence-corrected chi connectivity index (χ2v) is 6.27. The van der Waals surface area contributed by atoms with Crippen LogP contribution < -0.4 is 0 Å². The molecule has 3 rings (SSSR count). The van der Waals surface area contributed by atoms with E-state index in [1.165, 1.54) is 0 Å². The van der Waals surface area contributed by atoms with E-state index in [0.29, 0.717) is 12.2 Å². The van der Waals surface area contributed by atoms with Crippen LogP contribution in [0.1, 0.15) is 33.1 Å². The molecule has 0 atom stereocenters. The van der Waals surface area contributed by atoms with Gasteiger partial charge in [0.15, 0.2) is 0 Å². The van der Waals surface area contributed by atoms with Crippen LogP contribution in [0.5, 0.6) is 0 Å². The highest BCUT2D eigenvalue weighted by atomic mass is 16.5. The van der Waals surface area contributed by atoms with Gasteiger partial charge in [0.05, 0.1) is 12.6 Å². The number of benzene rings is 3. The van der Waals surface area contributed by atoms with Crippen LogP contribution in [0.2, 0.25) is 0 Å². The van der Waals surface area contributed by atoms with Gasteiger partial charge < -0.3 is 9.64 Å². The highest BCUT2D eigenvalue weighted by Gasteiger charge is 2.24. The molecule has 0 aliphatic carbocycles. The van der Waals surface area contributed by atoms with Gasteiger partial charge >= 0.3 is 0 Å². The zero-order valence-corrected chi connectivity index (χ0v) is 15.1. The average Bonchev–Trinajstić information content (AvgIpc) is 2.70. The van der Waals surface area contributed by atoms with Gasteiger partial charge in [0.2, 0.25) is 0 Å². The second-order valence-electron chi connectivity index (χ2n) is 6.27. The lowest BCUT2D eigenvalue weighted by Crippen LogP contribution is -2.32. The maximum Gasteiger partial charge on any atom is 0.254 e. The minimum atomic E-state index is -0.136. The van der Waals surface area contributed by atoms with E-state index in [-0.39, 0.29) is 11.9 Å². The molecular formula is C23H23NO2. The Balaban J connectivity index is 1.92. The fraction of sp³-hybridized carbons (Fsp3) is 0.174. The molecule has 3 aromatic carbocycles. The Labute approximate surface area is 154 Å². The third-order valence-corrected chi connectivity index (χ3v) is 4.45. The quantitative estimate of drug-likeness (QED) is 0.648. The van der Waals surface area contributed by atoms with E-state index in [0.717, 1.165) is 16.7 Å². The third-order valence-electron chi connectivity index (χ3n) is 4.45. The van der Waals surface area contributed by atoms with Crippen molar-refractivity contribution < 1.29 is 9.53 Å². The highest BCUT2D eigenvalue weighted by Crippen LogP contribution is 2.28. The molecule has 0 saturated carbocycles. The molecule has 0 saturated heterocycles. The van der Waals surface area contributed by atoms with E-state index in [9.17, 15) is 4.79 Å². The molecule has 1 amide bonds. The summed E-state index contributed by atoms with van der Waals surface area (Å²) in [6.07, 6.45) is 0. The van der Waals surface area contributed by atoms with Gasteiger partial charge in [-0.3, -0.25) is 4.79 Å². The van der Waals surface area contributed by atoms with Gasteiger partial charge in [0, 0.05) is 19.7 Å². The summed E-state index contributed by atoms with van der Waals surface area (Å²) in [5.74, 6) is -0.00771. The fourth-order valence-corrected chi connectivity index (χ4v) is 3.14. The molecule has 0 spiro atoms. The van der Waals surface area contributed by atoms with Gasteiger partial charge in [0.1, 0.15) is 0 Å². The maximum atomic E-state index is 13.1. The number of methoxy groups -OCH3 is 1. The predicted molar refractivity (Wildman–Crippen MR) is 104 cm³/mol. The Morgan fingerprint density at radius 1 is 0.846 bits per heavy atom. The van der Waals surface area contributed by atoms with Crippen LogP contribution in [0.4, 0.5) is 0 Å². The molecule has 3 aromatic rings. The molecule has 0 aliphatic rings. The third kappa shape index (κ3) is 4.01. The zero-order valence-electron chi connectivity index (χ0n) is 15.1. The van der Waals surface area contributed by atoms with Crippen molar-refractivity contribution in [3.63, 3.8) is 0 Å². The van der Waals surface area contributed by atoms with Crippen molar-refractivity contribution in [1.29, 1.82) is 0 Å². The second kappa shape index (κ2) is 8.45. The molecule has 0 fully saturated rings. The number of ether oxygens (including phenoxy) is 1. The number of nitrogens with zero attached hydrogens (tertiary/aromatic N) is 1. The molecular weight excluding hydrogens is 322 g/mol. The van der Waals surface area contributed by atoms with Gasteiger partial charge in [-0.25, -0.2) is 0 Å². The first-order valence-electron chi connectivity index (χ1n) is 8.65. The zero-order chi connectivity index (χ0) is 18.4. The molecule has 26 heavy (non-hydrogen) atoms. The highest BCUT2D eigenvalue weighted by molar-refractivity contribution is 5.94. The molecule has 0 radical (unpaired) electrons. The van der Waals surface area contributed by atoms with Crippen LogP contribution >= 0.6 is 0 Å². The van der Waals surface area contributed by atoms with Gasteiger partial charge in [-0.2, -0.15) is 0 Å². The average molecular weight is 345 g/mol. The summed E-state index contributed by atoms with van der Waals surface area (Å²) in [4.78, 5) is 14.9. The lowest BCUT2D eigenvalue weighted by Gasteiger charge is -2.29. The van der Waals surface area contributed by atoms with Crippen molar-refractivity contribution in [1.82, 2.24) is 4.90 Å². The molecule has 3 nitrogen and oxygen atoms in total. The summed E-state index contributed by atoms with van der Waals surface area (Å²) in [7, 11) is 3.52. The normalized spacial score (nSPS) is 10.7. The van der Waals surface area contributed by atoms with Crippen LogP contribution in [-0.4, -0.2) is 25.0 Å². The maximum absolute atomic E-state index is 13.1. The first-order valence-corrected chi connectivity index (χ1v) is 8.65. The van der Waals surface area contributed by atoms with Crippen molar-refractivity contribution in [2.45, 2.75) is 12.6 Å². The number of hydrogen-bond acceptors (Lipinski definition) is 2. The van der Waals surface area contributed by atoms with E-state index in [2.05, 4.69) is 24.3 Å². The van der Waals surface area contributed by atoms with Crippen molar-refractivity contribution in [3.8, 4) is 0 Å². The van der Waals surface area contributed by atoms with E-state index < -0.39 is 0 Å². The topological polar surface area (TPSA) is 29.5 Å². The minimum Gasteiger partial charge on any atom is -0.380 e. The molecule has 0 bridgehead atoms. The predicted octanol–water partition coefficient (Wildman–Crippen LogP) is 4.69. The molecule has 0 heterocycles. The Kier molecular flexibility index (Phi) is 5.82. The summed E-state index contributed by atoms with van der Waals surface area (Å²) in [6.45, 7) is 0.543. The standard InChI is InChI=1S/C23H23NO2/c1-24(23(25)21-15-13-18(14-16-21)17-26-2)22(19-9-5-3-6-10-19)20-11-7-4-8-12-20/h3-16,22H,17H2,1-2H3. The molecule has 0 N–H and O–H groups in total. The number of rotatable bonds is 6. The van der Waals surface area contributed by atoms with E-state index in [1.54, 1.807) is 12.0 Å². The van der Waals surface area contributed by atoms with Gasteiger partial charge in [-0.1, -0.05) is 72.8 Å². The number of amides is 1. The van der Waals surface area contributed by atoms with Crippen LogP contribution in [0.25, 0.3) is 0 Å². The monoisotopic (exact) mass is 345 g/mol. The summed E-state index contributed by atoms with van der Waals surface area (Å²) in [5.41, 5.74) is 3.90. The van der Waals surface area contributed by atoms with Crippen LogP contribution in [0, 0.1) is 0 Å². The molecule has 3 heteroatoms. The Morgan fingerprint density at radius 3 is 1.81 bits per heavy atom. The fourth-order valence-electron chi connectivity index (χ4n) is 3.14. The van der Waals surface area contributed by atoms with Crippen molar-refractivity contribution in [2.75, 3.05) is 14.2 Å². The Bertz CT molecular complexity index is 790. The van der Waals surface area contributed by atoms with Crippen molar-refractivity contribution in [3.05, 3.63) is 107 Å². The van der Waals surface area contributed by atoms with Gasteiger partial charge in [0.25, 0.3) is 5.91 Å². The van der Waals surface area contributed by atoms with Gasteiger partial charge in [-0.15, -0.1) is 0 Å². The van der Waals surface area contributed by atoms with Crippen LogP contribution in [0.3, 0.4) is 0 Å². The molecule has 132 valence electrons. The minimum absolute atomic E-state index is 0.00771.